The fourth-order valence-electron chi connectivity index (χ4n) is 5.56. The van der Waals surface area contributed by atoms with Gasteiger partial charge in [-0.3, -0.25) is 4.79 Å². The van der Waals surface area contributed by atoms with Crippen molar-refractivity contribution in [3.8, 4) is 0 Å². The number of aliphatic carboxylic acids is 1. The van der Waals surface area contributed by atoms with Crippen molar-refractivity contribution in [1.29, 1.82) is 0 Å². The SMILES string of the molecule is COCCOCO[C@@]12CC3CC(C(=O)O)(C1)C[C@](OCOCCOC)(C3)C2. The molecule has 0 aliphatic heterocycles. The summed E-state index contributed by atoms with van der Waals surface area (Å²) in [5, 5.41) is 9.98. The van der Waals surface area contributed by atoms with Crippen LogP contribution in [0.4, 0.5) is 0 Å². The Balaban J connectivity index is 1.66. The van der Waals surface area contributed by atoms with Gasteiger partial charge in [-0.2, -0.15) is 0 Å². The van der Waals surface area contributed by atoms with Gasteiger partial charge in [0.05, 0.1) is 43.0 Å². The van der Waals surface area contributed by atoms with Crippen LogP contribution in [0.25, 0.3) is 0 Å². The summed E-state index contributed by atoms with van der Waals surface area (Å²) in [6, 6.07) is 0. The molecule has 0 heterocycles. The highest BCUT2D eigenvalue weighted by atomic mass is 16.7. The van der Waals surface area contributed by atoms with Crippen LogP contribution >= 0.6 is 0 Å². The molecule has 8 nitrogen and oxygen atoms in total. The summed E-state index contributed by atoms with van der Waals surface area (Å²) in [7, 11) is 3.24. The van der Waals surface area contributed by atoms with Crippen molar-refractivity contribution in [3.05, 3.63) is 0 Å². The van der Waals surface area contributed by atoms with Crippen LogP contribution in [0.3, 0.4) is 0 Å². The van der Waals surface area contributed by atoms with Crippen LogP contribution in [0.1, 0.15) is 38.5 Å². The first kappa shape index (κ1) is 21.0. The van der Waals surface area contributed by atoms with Gasteiger partial charge >= 0.3 is 5.97 Å². The largest absolute Gasteiger partial charge is 0.481 e. The second-order valence-electron chi connectivity index (χ2n) is 8.29. The molecule has 0 spiro atoms. The third-order valence-corrected chi connectivity index (χ3v) is 6.18. The molecule has 4 aliphatic rings. The van der Waals surface area contributed by atoms with Gasteiger partial charge in [0, 0.05) is 20.6 Å². The lowest BCUT2D eigenvalue weighted by Gasteiger charge is -2.64. The van der Waals surface area contributed by atoms with E-state index in [1.807, 2.05) is 0 Å². The molecule has 4 fully saturated rings. The monoisotopic (exact) mass is 388 g/mol. The molecular weight excluding hydrogens is 356 g/mol. The standard InChI is InChI=1S/C19H32O8/c1-22-3-5-24-13-26-18-8-15-7-17(10-18,16(20)21)11-19(9-15,12-18)27-14-25-6-4-23-2/h15H,3-14H2,1-2H3,(H,20,21)/t15?,17?,18-,19+. The topological polar surface area (TPSA) is 92.7 Å². The lowest BCUT2D eigenvalue weighted by Crippen LogP contribution is -2.66. The van der Waals surface area contributed by atoms with Crippen molar-refractivity contribution in [1.82, 2.24) is 0 Å². The molecule has 4 atom stereocenters. The number of hydrogen-bond donors (Lipinski definition) is 1. The average Bonchev–Trinajstić information content (AvgIpc) is 2.60. The third kappa shape index (κ3) is 4.63. The molecule has 0 saturated heterocycles. The van der Waals surface area contributed by atoms with E-state index in [1.165, 1.54) is 0 Å². The van der Waals surface area contributed by atoms with Crippen molar-refractivity contribution in [2.75, 3.05) is 54.2 Å². The highest BCUT2D eigenvalue weighted by Gasteiger charge is 2.67. The third-order valence-electron chi connectivity index (χ3n) is 6.18. The predicted molar refractivity (Wildman–Crippen MR) is 94.3 cm³/mol. The number of methoxy groups -OCH3 is 2. The summed E-state index contributed by atoms with van der Waals surface area (Å²) in [5.74, 6) is -0.455. The van der Waals surface area contributed by atoms with E-state index in [1.54, 1.807) is 14.2 Å². The first-order valence-electron chi connectivity index (χ1n) is 9.62. The minimum absolute atomic E-state index is 0.145. The number of carboxylic acids is 1. The highest BCUT2D eigenvalue weighted by Crippen LogP contribution is 2.65. The normalized spacial score (nSPS) is 37.0. The van der Waals surface area contributed by atoms with E-state index in [-0.39, 0.29) is 19.5 Å². The quantitative estimate of drug-likeness (QED) is 0.377. The van der Waals surface area contributed by atoms with Gasteiger partial charge in [0.1, 0.15) is 13.6 Å². The Morgan fingerprint density at radius 2 is 1.37 bits per heavy atom. The van der Waals surface area contributed by atoms with Gasteiger partial charge in [-0.05, 0) is 38.0 Å². The van der Waals surface area contributed by atoms with Crippen LogP contribution in [0, 0.1) is 11.3 Å². The molecule has 0 radical (unpaired) electrons. The molecule has 2 unspecified atom stereocenters. The maximum absolute atomic E-state index is 12.2. The second-order valence-corrected chi connectivity index (χ2v) is 8.29. The van der Waals surface area contributed by atoms with Gasteiger partial charge in [-0.1, -0.05) is 0 Å². The molecule has 0 aromatic carbocycles. The Kier molecular flexibility index (Phi) is 6.76. The number of ether oxygens (including phenoxy) is 6. The maximum atomic E-state index is 12.2. The summed E-state index contributed by atoms with van der Waals surface area (Å²) < 4.78 is 33.2. The molecule has 0 aromatic heterocycles. The first-order chi connectivity index (χ1) is 13.0. The smallest absolute Gasteiger partial charge is 0.309 e. The Bertz CT molecular complexity index is 480. The van der Waals surface area contributed by atoms with Crippen molar-refractivity contribution in [2.45, 2.75) is 49.7 Å². The molecule has 4 aliphatic carbocycles. The highest BCUT2D eigenvalue weighted by molar-refractivity contribution is 5.76. The molecule has 1 N–H and O–H groups in total. The number of rotatable bonds is 13. The summed E-state index contributed by atoms with van der Waals surface area (Å²) in [6.45, 7) is 2.20. The van der Waals surface area contributed by atoms with Crippen LogP contribution in [0.2, 0.25) is 0 Å². The molecule has 0 aromatic rings. The fraction of sp³-hybridized carbons (Fsp3) is 0.947. The van der Waals surface area contributed by atoms with E-state index in [2.05, 4.69) is 0 Å². The second kappa shape index (κ2) is 8.71. The Labute approximate surface area is 160 Å². The molecule has 0 amide bonds. The lowest BCUT2D eigenvalue weighted by molar-refractivity contribution is -0.292. The fourth-order valence-corrected chi connectivity index (χ4v) is 5.56. The van der Waals surface area contributed by atoms with Crippen molar-refractivity contribution in [3.63, 3.8) is 0 Å². The number of carboxylic acid groups (broad SMARTS) is 1. The summed E-state index contributed by atoms with van der Waals surface area (Å²) in [6.07, 6.45) is 4.17. The Morgan fingerprint density at radius 1 is 0.852 bits per heavy atom. The number of carbonyl (C=O) groups is 1. The minimum atomic E-state index is -0.779. The van der Waals surface area contributed by atoms with E-state index in [0.717, 1.165) is 12.8 Å². The predicted octanol–water partition coefficient (Wildman–Crippen LogP) is 1.81. The zero-order valence-corrected chi connectivity index (χ0v) is 16.4. The van der Waals surface area contributed by atoms with Crippen molar-refractivity contribution < 1.29 is 38.3 Å². The van der Waals surface area contributed by atoms with Crippen molar-refractivity contribution >= 4 is 5.97 Å². The van der Waals surface area contributed by atoms with Crippen LogP contribution in [0.15, 0.2) is 0 Å². The molecular formula is C19H32O8. The molecule has 8 heteroatoms. The lowest BCUT2D eigenvalue weighted by atomic mass is 9.46. The van der Waals surface area contributed by atoms with Crippen LogP contribution < -0.4 is 0 Å². The molecule has 27 heavy (non-hydrogen) atoms. The zero-order valence-electron chi connectivity index (χ0n) is 16.4. The Hall–Kier alpha value is -0.770. The van der Waals surface area contributed by atoms with Crippen LogP contribution in [-0.4, -0.2) is 76.5 Å². The van der Waals surface area contributed by atoms with Gasteiger partial charge in [0.25, 0.3) is 0 Å². The van der Waals surface area contributed by atoms with Gasteiger partial charge in [0.2, 0.25) is 0 Å². The zero-order chi connectivity index (χ0) is 19.4. The van der Waals surface area contributed by atoms with E-state index in [0.29, 0.717) is 52.1 Å². The summed E-state index contributed by atoms with van der Waals surface area (Å²) in [5.41, 5.74) is -1.78. The van der Waals surface area contributed by atoms with Crippen LogP contribution in [0.5, 0.6) is 0 Å². The van der Waals surface area contributed by atoms with Gasteiger partial charge < -0.3 is 33.5 Å². The van der Waals surface area contributed by atoms with Crippen molar-refractivity contribution in [2.24, 2.45) is 11.3 Å². The average molecular weight is 388 g/mol. The van der Waals surface area contributed by atoms with Gasteiger partial charge in [0.15, 0.2) is 0 Å². The van der Waals surface area contributed by atoms with Crippen LogP contribution in [-0.2, 0) is 33.2 Å². The minimum Gasteiger partial charge on any atom is -0.481 e. The summed E-state index contributed by atoms with van der Waals surface area (Å²) in [4.78, 5) is 12.2. The van der Waals surface area contributed by atoms with E-state index in [9.17, 15) is 9.90 Å². The maximum Gasteiger partial charge on any atom is 0.309 e. The summed E-state index contributed by atoms with van der Waals surface area (Å²) >= 11 is 0. The van der Waals surface area contributed by atoms with Gasteiger partial charge in [-0.25, -0.2) is 0 Å². The molecule has 4 rings (SSSR count). The number of hydrogen-bond acceptors (Lipinski definition) is 7. The Morgan fingerprint density at radius 3 is 1.81 bits per heavy atom. The molecule has 4 bridgehead atoms. The van der Waals surface area contributed by atoms with E-state index >= 15 is 0 Å². The molecule has 4 saturated carbocycles. The van der Waals surface area contributed by atoms with E-state index in [4.69, 9.17) is 28.4 Å². The molecule has 156 valence electrons. The first-order valence-corrected chi connectivity index (χ1v) is 9.62. The van der Waals surface area contributed by atoms with E-state index < -0.39 is 22.6 Å². The van der Waals surface area contributed by atoms with Gasteiger partial charge in [-0.15, -0.1) is 0 Å².